The third-order valence-corrected chi connectivity index (χ3v) is 8.36. The van der Waals surface area contributed by atoms with Crippen LogP contribution in [0.2, 0.25) is 0 Å². The summed E-state index contributed by atoms with van der Waals surface area (Å²) in [5.41, 5.74) is 15.2. The standard InChI is InChI=1S/C34H21N/c1-4-10-25-20(7-1)13-23-15-30-29(18-27(23)25)31-19-28-24(14-21-8-2-5-11-26(21)28)17-34(31)35-32-12-6-3-9-22(32)16-33(30)35/h1-12,15-19H,13-14H2. The lowest BCUT2D eigenvalue weighted by Crippen LogP contribution is -1.94. The highest BCUT2D eigenvalue weighted by Crippen LogP contribution is 2.45. The van der Waals surface area contributed by atoms with Crippen LogP contribution in [0.15, 0.2) is 103 Å². The minimum atomic E-state index is 1.01. The highest BCUT2D eigenvalue weighted by molar-refractivity contribution is 6.18. The quantitative estimate of drug-likeness (QED) is 0.207. The molecule has 2 aliphatic carbocycles. The molecule has 2 heterocycles. The van der Waals surface area contributed by atoms with Crippen LogP contribution in [0, 0.1) is 0 Å². The highest BCUT2D eigenvalue weighted by atomic mass is 14.9. The molecule has 0 aliphatic heterocycles. The lowest BCUT2D eigenvalue weighted by atomic mass is 9.95. The Balaban J connectivity index is 1.50. The van der Waals surface area contributed by atoms with Gasteiger partial charge in [-0.1, -0.05) is 66.7 Å². The minimum absolute atomic E-state index is 1.01. The smallest absolute Gasteiger partial charge is 0.0547 e. The molecule has 0 radical (unpaired) electrons. The monoisotopic (exact) mass is 443 g/mol. The molecule has 5 aromatic carbocycles. The van der Waals surface area contributed by atoms with Crippen molar-refractivity contribution in [2.24, 2.45) is 0 Å². The maximum absolute atomic E-state index is 2.50. The molecule has 1 heteroatoms. The molecule has 0 saturated carbocycles. The molecule has 0 amide bonds. The Morgan fingerprint density at radius 2 is 0.971 bits per heavy atom. The number of fused-ring (bicyclic) bond motifs is 14. The second-order valence-corrected chi connectivity index (χ2v) is 10.2. The first-order chi connectivity index (χ1) is 17.3. The number of rotatable bonds is 0. The van der Waals surface area contributed by atoms with E-state index in [9.17, 15) is 0 Å². The van der Waals surface area contributed by atoms with Crippen LogP contribution in [-0.2, 0) is 12.8 Å². The summed E-state index contributed by atoms with van der Waals surface area (Å²) in [6.45, 7) is 0. The van der Waals surface area contributed by atoms with Crippen LogP contribution >= 0.6 is 0 Å². The number of aromatic nitrogens is 1. The predicted molar refractivity (Wildman–Crippen MR) is 146 cm³/mol. The summed E-state index contributed by atoms with van der Waals surface area (Å²) >= 11 is 0. The van der Waals surface area contributed by atoms with Gasteiger partial charge in [0.05, 0.1) is 16.6 Å². The van der Waals surface area contributed by atoms with E-state index in [1.165, 1.54) is 82.6 Å². The molecule has 0 unspecified atom stereocenters. The van der Waals surface area contributed by atoms with Crippen molar-refractivity contribution < 1.29 is 0 Å². The molecule has 162 valence electrons. The first kappa shape index (κ1) is 18.0. The van der Waals surface area contributed by atoms with Gasteiger partial charge in [0.15, 0.2) is 0 Å². The average molecular weight is 444 g/mol. The summed E-state index contributed by atoms with van der Waals surface area (Å²) in [5, 5.41) is 5.36. The molecule has 1 nitrogen and oxygen atoms in total. The second-order valence-electron chi connectivity index (χ2n) is 10.2. The molecule has 0 spiro atoms. The van der Waals surface area contributed by atoms with Crippen LogP contribution < -0.4 is 0 Å². The molecular formula is C34H21N. The first-order valence-corrected chi connectivity index (χ1v) is 12.5. The van der Waals surface area contributed by atoms with Gasteiger partial charge in [-0.15, -0.1) is 0 Å². The van der Waals surface area contributed by atoms with Gasteiger partial charge in [0.25, 0.3) is 0 Å². The fraction of sp³-hybridized carbons (Fsp3) is 0.0588. The summed E-state index contributed by atoms with van der Waals surface area (Å²) in [7, 11) is 0. The van der Waals surface area contributed by atoms with Gasteiger partial charge < -0.3 is 4.40 Å². The Morgan fingerprint density at radius 1 is 0.400 bits per heavy atom. The van der Waals surface area contributed by atoms with E-state index in [1.54, 1.807) is 0 Å². The Kier molecular flexibility index (Phi) is 3.19. The zero-order chi connectivity index (χ0) is 22.7. The third-order valence-electron chi connectivity index (χ3n) is 8.36. The van der Waals surface area contributed by atoms with Crippen molar-refractivity contribution in [2.45, 2.75) is 12.8 Å². The molecule has 0 bridgehead atoms. The lowest BCUT2D eigenvalue weighted by molar-refractivity contribution is 1.25. The van der Waals surface area contributed by atoms with E-state index in [0.717, 1.165) is 12.8 Å². The number of para-hydroxylation sites is 1. The zero-order valence-electron chi connectivity index (χ0n) is 19.2. The SMILES string of the molecule is c1ccc2c(c1)Cc1cc3c(cc1-2)c1cc2c(cc1n1c4ccccc4cc31)Cc1ccccc1-2. The zero-order valence-corrected chi connectivity index (χ0v) is 19.2. The summed E-state index contributed by atoms with van der Waals surface area (Å²) in [6, 6.07) is 38.9. The largest absolute Gasteiger partial charge is 0.309 e. The Labute approximate surface area is 202 Å². The minimum Gasteiger partial charge on any atom is -0.309 e. The number of pyridine rings is 1. The molecule has 0 fully saturated rings. The fourth-order valence-electron chi connectivity index (χ4n) is 6.80. The summed E-state index contributed by atoms with van der Waals surface area (Å²) in [5.74, 6) is 0. The molecule has 0 N–H and O–H groups in total. The Morgan fingerprint density at radius 3 is 1.74 bits per heavy atom. The number of nitrogens with zero attached hydrogens (tertiary/aromatic N) is 1. The van der Waals surface area contributed by atoms with E-state index < -0.39 is 0 Å². The van der Waals surface area contributed by atoms with Gasteiger partial charge in [-0.3, -0.25) is 0 Å². The Bertz CT molecular complexity index is 2050. The Hall–Kier alpha value is -4.36. The van der Waals surface area contributed by atoms with Crippen molar-refractivity contribution in [2.75, 3.05) is 0 Å². The summed E-state index contributed by atoms with van der Waals surface area (Å²) in [6.07, 6.45) is 2.03. The normalized spacial score (nSPS) is 13.5. The van der Waals surface area contributed by atoms with E-state index in [-0.39, 0.29) is 0 Å². The molecule has 9 rings (SSSR count). The second kappa shape index (κ2) is 6.20. The molecule has 2 aromatic heterocycles. The van der Waals surface area contributed by atoms with Crippen molar-refractivity contribution in [3.05, 3.63) is 125 Å². The van der Waals surface area contributed by atoms with E-state index in [1.807, 2.05) is 0 Å². The van der Waals surface area contributed by atoms with Gasteiger partial charge >= 0.3 is 0 Å². The van der Waals surface area contributed by atoms with Gasteiger partial charge in [-0.2, -0.15) is 0 Å². The van der Waals surface area contributed by atoms with Crippen LogP contribution in [0.1, 0.15) is 22.3 Å². The third kappa shape index (κ3) is 2.24. The van der Waals surface area contributed by atoms with Gasteiger partial charge in [0.1, 0.15) is 0 Å². The topological polar surface area (TPSA) is 4.41 Å². The molecular weight excluding hydrogens is 422 g/mol. The highest BCUT2D eigenvalue weighted by Gasteiger charge is 2.24. The number of hydrogen-bond acceptors (Lipinski definition) is 0. The van der Waals surface area contributed by atoms with E-state index in [0.29, 0.717) is 0 Å². The molecule has 2 aliphatic rings. The van der Waals surface area contributed by atoms with Crippen LogP contribution in [-0.4, -0.2) is 4.40 Å². The maximum atomic E-state index is 2.50. The van der Waals surface area contributed by atoms with E-state index in [2.05, 4.69) is 108 Å². The summed E-state index contributed by atoms with van der Waals surface area (Å²) in [4.78, 5) is 0. The van der Waals surface area contributed by atoms with Crippen molar-refractivity contribution in [1.82, 2.24) is 4.40 Å². The van der Waals surface area contributed by atoms with Crippen LogP contribution in [0.25, 0.3) is 60.3 Å². The molecule has 35 heavy (non-hydrogen) atoms. The fourth-order valence-corrected chi connectivity index (χ4v) is 6.80. The van der Waals surface area contributed by atoms with Crippen molar-refractivity contribution in [1.29, 1.82) is 0 Å². The predicted octanol–water partition coefficient (Wildman–Crippen LogP) is 8.54. The van der Waals surface area contributed by atoms with Gasteiger partial charge in [-0.05, 0) is 99.1 Å². The van der Waals surface area contributed by atoms with E-state index >= 15 is 0 Å². The van der Waals surface area contributed by atoms with Crippen LogP contribution in [0.5, 0.6) is 0 Å². The van der Waals surface area contributed by atoms with Crippen LogP contribution in [0.3, 0.4) is 0 Å². The van der Waals surface area contributed by atoms with E-state index in [4.69, 9.17) is 0 Å². The van der Waals surface area contributed by atoms with Crippen LogP contribution in [0.4, 0.5) is 0 Å². The first-order valence-electron chi connectivity index (χ1n) is 12.5. The number of benzene rings is 5. The van der Waals surface area contributed by atoms with Crippen molar-refractivity contribution >= 4 is 38.1 Å². The average Bonchev–Trinajstić information content (AvgIpc) is 3.57. The van der Waals surface area contributed by atoms with Crippen molar-refractivity contribution in [3.8, 4) is 22.3 Å². The van der Waals surface area contributed by atoms with Gasteiger partial charge in [0.2, 0.25) is 0 Å². The summed E-state index contributed by atoms with van der Waals surface area (Å²) < 4.78 is 2.50. The molecule has 7 aromatic rings. The maximum Gasteiger partial charge on any atom is 0.0547 e. The molecule has 0 atom stereocenters. The molecule has 0 saturated heterocycles. The number of hydrogen-bond donors (Lipinski definition) is 0. The van der Waals surface area contributed by atoms with Gasteiger partial charge in [-0.25, -0.2) is 0 Å². The van der Waals surface area contributed by atoms with Gasteiger partial charge in [0, 0.05) is 16.2 Å². The van der Waals surface area contributed by atoms with Crippen molar-refractivity contribution in [3.63, 3.8) is 0 Å². The lowest BCUT2D eigenvalue weighted by Gasteiger charge is -2.14.